The van der Waals surface area contributed by atoms with E-state index in [0.29, 0.717) is 25.5 Å². The summed E-state index contributed by atoms with van der Waals surface area (Å²) in [6.07, 6.45) is 0.779. The highest BCUT2D eigenvalue weighted by atomic mass is 19.1. The summed E-state index contributed by atoms with van der Waals surface area (Å²) in [5.74, 6) is -0.230. The summed E-state index contributed by atoms with van der Waals surface area (Å²) in [5.41, 5.74) is 0. The molecule has 1 aromatic rings. The van der Waals surface area contributed by atoms with Gasteiger partial charge in [0.15, 0.2) is 0 Å². The average molecular weight is 267 g/mol. The van der Waals surface area contributed by atoms with Crippen LogP contribution in [0.25, 0.3) is 0 Å². The summed E-state index contributed by atoms with van der Waals surface area (Å²) in [7, 11) is 0. The van der Waals surface area contributed by atoms with Gasteiger partial charge in [-0.1, -0.05) is 6.07 Å². The molecule has 1 fully saturated rings. The van der Waals surface area contributed by atoms with Gasteiger partial charge < -0.3 is 10.1 Å². The molecule has 1 aliphatic rings. The number of halogens is 1. The van der Waals surface area contributed by atoms with Crippen molar-refractivity contribution in [2.75, 3.05) is 26.2 Å². The summed E-state index contributed by atoms with van der Waals surface area (Å²) >= 11 is 0. The van der Waals surface area contributed by atoms with Crippen molar-refractivity contribution in [1.82, 2.24) is 15.2 Å². The molecule has 0 bridgehead atoms. The first kappa shape index (κ1) is 13.7. The molecule has 0 aromatic carbocycles. The second kappa shape index (κ2) is 6.47. The minimum absolute atomic E-state index is 0.0204. The Hall–Kier alpha value is -1.69. The van der Waals surface area contributed by atoms with Gasteiger partial charge in [0.05, 0.1) is 6.54 Å². The fourth-order valence-corrected chi connectivity index (χ4v) is 2.12. The minimum atomic E-state index is -0.547. The number of hydrogen-bond donors (Lipinski definition) is 1. The Balaban J connectivity index is 1.80. The maximum Gasteiger partial charge on any atom is 0.234 e. The molecule has 1 atom stereocenters. The van der Waals surface area contributed by atoms with Gasteiger partial charge in [-0.3, -0.25) is 9.69 Å². The van der Waals surface area contributed by atoms with Gasteiger partial charge in [0.1, 0.15) is 6.10 Å². The molecule has 0 radical (unpaired) electrons. The number of likely N-dealkylation sites (tertiary alicyclic amines) is 1. The van der Waals surface area contributed by atoms with E-state index in [0.717, 1.165) is 13.0 Å². The SMILES string of the molecule is CCNC(=O)CN1CCC(Oc2cccc(F)n2)C1. The lowest BCUT2D eigenvalue weighted by Crippen LogP contribution is -2.36. The maximum atomic E-state index is 12.9. The van der Waals surface area contributed by atoms with Gasteiger partial charge in [-0.05, 0) is 19.4 Å². The largest absolute Gasteiger partial charge is 0.473 e. The van der Waals surface area contributed by atoms with E-state index in [4.69, 9.17) is 4.74 Å². The van der Waals surface area contributed by atoms with Gasteiger partial charge in [0.2, 0.25) is 17.7 Å². The highest BCUT2D eigenvalue weighted by Gasteiger charge is 2.25. The van der Waals surface area contributed by atoms with Crippen molar-refractivity contribution in [2.45, 2.75) is 19.4 Å². The van der Waals surface area contributed by atoms with Gasteiger partial charge in [0.25, 0.3) is 0 Å². The van der Waals surface area contributed by atoms with Crippen LogP contribution in [0.4, 0.5) is 4.39 Å². The number of likely N-dealkylation sites (N-methyl/N-ethyl adjacent to an activating group) is 1. The average Bonchev–Trinajstić information content (AvgIpc) is 2.76. The molecule has 2 rings (SSSR count). The van der Waals surface area contributed by atoms with E-state index in [1.807, 2.05) is 11.8 Å². The van der Waals surface area contributed by atoms with Crippen LogP contribution < -0.4 is 10.1 Å². The van der Waals surface area contributed by atoms with E-state index >= 15 is 0 Å². The van der Waals surface area contributed by atoms with E-state index in [9.17, 15) is 9.18 Å². The fraction of sp³-hybridized carbons (Fsp3) is 0.538. The zero-order chi connectivity index (χ0) is 13.7. The molecule has 6 heteroatoms. The first-order valence-corrected chi connectivity index (χ1v) is 6.45. The molecular formula is C13H18FN3O2. The molecule has 2 heterocycles. The monoisotopic (exact) mass is 267 g/mol. The Morgan fingerprint density at radius 3 is 3.21 bits per heavy atom. The predicted octanol–water partition coefficient (Wildman–Crippen LogP) is 0.810. The number of nitrogens with one attached hydrogen (secondary N) is 1. The molecular weight excluding hydrogens is 249 g/mol. The quantitative estimate of drug-likeness (QED) is 0.802. The molecule has 1 aromatic heterocycles. The molecule has 0 aliphatic carbocycles. The van der Waals surface area contributed by atoms with Crippen LogP contribution in [0.15, 0.2) is 18.2 Å². The van der Waals surface area contributed by atoms with Crippen LogP contribution in [0.5, 0.6) is 5.88 Å². The lowest BCUT2D eigenvalue weighted by molar-refractivity contribution is -0.121. The maximum absolute atomic E-state index is 12.9. The Morgan fingerprint density at radius 2 is 2.47 bits per heavy atom. The topological polar surface area (TPSA) is 54.5 Å². The van der Waals surface area contributed by atoms with Gasteiger partial charge in [-0.25, -0.2) is 0 Å². The smallest absolute Gasteiger partial charge is 0.234 e. The molecule has 1 amide bonds. The van der Waals surface area contributed by atoms with E-state index in [2.05, 4.69) is 10.3 Å². The second-order valence-electron chi connectivity index (χ2n) is 4.52. The van der Waals surface area contributed by atoms with Crippen molar-refractivity contribution >= 4 is 5.91 Å². The fourth-order valence-electron chi connectivity index (χ4n) is 2.12. The van der Waals surface area contributed by atoms with Crippen molar-refractivity contribution < 1.29 is 13.9 Å². The van der Waals surface area contributed by atoms with E-state index < -0.39 is 5.95 Å². The van der Waals surface area contributed by atoms with E-state index in [1.165, 1.54) is 6.07 Å². The van der Waals surface area contributed by atoms with Crippen molar-refractivity contribution in [3.05, 3.63) is 24.1 Å². The predicted molar refractivity (Wildman–Crippen MR) is 68.4 cm³/mol. The van der Waals surface area contributed by atoms with Gasteiger partial charge in [-0.15, -0.1) is 0 Å². The minimum Gasteiger partial charge on any atom is -0.473 e. The normalized spacial score (nSPS) is 19.4. The lowest BCUT2D eigenvalue weighted by Gasteiger charge is -2.15. The molecule has 0 spiro atoms. The third kappa shape index (κ3) is 4.17. The van der Waals surface area contributed by atoms with Crippen LogP contribution in [0, 0.1) is 5.95 Å². The van der Waals surface area contributed by atoms with Gasteiger partial charge in [0, 0.05) is 25.7 Å². The summed E-state index contributed by atoms with van der Waals surface area (Å²) in [6, 6.07) is 4.48. The van der Waals surface area contributed by atoms with Gasteiger partial charge in [-0.2, -0.15) is 9.37 Å². The zero-order valence-corrected chi connectivity index (χ0v) is 10.9. The summed E-state index contributed by atoms with van der Waals surface area (Å²) in [5, 5.41) is 2.76. The van der Waals surface area contributed by atoms with Crippen molar-refractivity contribution in [1.29, 1.82) is 0 Å². The Morgan fingerprint density at radius 1 is 1.63 bits per heavy atom. The molecule has 1 unspecified atom stereocenters. The summed E-state index contributed by atoms with van der Waals surface area (Å²) in [6.45, 7) is 4.37. The van der Waals surface area contributed by atoms with Crippen LogP contribution in [0.2, 0.25) is 0 Å². The first-order chi connectivity index (χ1) is 9.17. The lowest BCUT2D eigenvalue weighted by atomic mass is 10.3. The van der Waals surface area contributed by atoms with Crippen molar-refractivity contribution in [2.24, 2.45) is 0 Å². The second-order valence-corrected chi connectivity index (χ2v) is 4.52. The number of ether oxygens (including phenoxy) is 1. The molecule has 1 aliphatic heterocycles. The third-order valence-electron chi connectivity index (χ3n) is 2.95. The number of rotatable bonds is 5. The van der Waals surface area contributed by atoms with Crippen LogP contribution in [0.3, 0.4) is 0 Å². The van der Waals surface area contributed by atoms with Crippen LogP contribution >= 0.6 is 0 Å². The summed E-state index contributed by atoms with van der Waals surface area (Å²) in [4.78, 5) is 17.1. The number of aromatic nitrogens is 1. The molecule has 104 valence electrons. The number of hydrogen-bond acceptors (Lipinski definition) is 4. The summed E-state index contributed by atoms with van der Waals surface area (Å²) < 4.78 is 18.5. The Labute approximate surface area is 111 Å². The van der Waals surface area contributed by atoms with E-state index in [-0.39, 0.29) is 12.0 Å². The first-order valence-electron chi connectivity index (χ1n) is 6.45. The van der Waals surface area contributed by atoms with Crippen molar-refractivity contribution in [3.63, 3.8) is 0 Å². The highest BCUT2D eigenvalue weighted by molar-refractivity contribution is 5.77. The molecule has 5 nitrogen and oxygen atoms in total. The molecule has 0 saturated carbocycles. The van der Waals surface area contributed by atoms with Crippen LogP contribution in [-0.4, -0.2) is 48.1 Å². The zero-order valence-electron chi connectivity index (χ0n) is 10.9. The molecule has 19 heavy (non-hydrogen) atoms. The number of carbonyl (C=O) groups excluding carboxylic acids is 1. The number of amides is 1. The Kier molecular flexibility index (Phi) is 4.68. The third-order valence-corrected chi connectivity index (χ3v) is 2.95. The number of nitrogens with zero attached hydrogens (tertiary/aromatic N) is 2. The van der Waals surface area contributed by atoms with Crippen LogP contribution in [0.1, 0.15) is 13.3 Å². The van der Waals surface area contributed by atoms with E-state index in [1.54, 1.807) is 12.1 Å². The number of pyridine rings is 1. The number of carbonyl (C=O) groups is 1. The standard InChI is InChI=1S/C13H18FN3O2/c1-2-15-12(18)9-17-7-6-10(8-17)19-13-5-3-4-11(14)16-13/h3-5,10H,2,6-9H2,1H3,(H,15,18). The highest BCUT2D eigenvalue weighted by Crippen LogP contribution is 2.16. The molecule has 1 N–H and O–H groups in total. The van der Waals surface area contributed by atoms with Crippen molar-refractivity contribution in [3.8, 4) is 5.88 Å². The van der Waals surface area contributed by atoms with Gasteiger partial charge >= 0.3 is 0 Å². The van der Waals surface area contributed by atoms with Crippen LogP contribution in [-0.2, 0) is 4.79 Å². The Bertz CT molecular complexity index is 442. The molecule has 1 saturated heterocycles.